The van der Waals surface area contributed by atoms with Crippen LogP contribution in [0, 0.1) is 23.7 Å². The predicted molar refractivity (Wildman–Crippen MR) is 97.8 cm³/mol. The normalized spacial score (nSPS) is 34.1. The number of nitrogens with one attached hydrogen (secondary N) is 1. The Morgan fingerprint density at radius 2 is 1.71 bits per heavy atom. The van der Waals surface area contributed by atoms with E-state index in [2.05, 4.69) is 10.4 Å². The fraction of sp³-hybridized carbons (Fsp3) is 0.800. The van der Waals surface area contributed by atoms with Gasteiger partial charge in [0.1, 0.15) is 0 Å². The second kappa shape index (κ2) is 6.64. The Morgan fingerprint density at radius 3 is 2.25 bits per heavy atom. The number of rotatable bonds is 5. The molecule has 154 valence electrons. The largest absolute Gasteiger partial charge is 0.436 e. The van der Waals surface area contributed by atoms with Gasteiger partial charge in [0.05, 0.1) is 17.3 Å². The third kappa shape index (κ3) is 3.33. The van der Waals surface area contributed by atoms with E-state index in [9.17, 15) is 18.0 Å². The fourth-order valence-corrected chi connectivity index (χ4v) is 6.57. The number of aryl methyl sites for hydroxylation is 1. The number of amides is 1. The molecule has 5 aliphatic carbocycles. The van der Waals surface area contributed by atoms with Gasteiger partial charge in [-0.2, -0.15) is 18.3 Å². The van der Waals surface area contributed by atoms with Crippen molar-refractivity contribution in [1.29, 1.82) is 0 Å². The lowest BCUT2D eigenvalue weighted by molar-refractivity contribution is -0.141. The van der Waals surface area contributed by atoms with Crippen molar-refractivity contribution in [2.45, 2.75) is 76.0 Å². The summed E-state index contributed by atoms with van der Waals surface area (Å²) in [7, 11) is 0. The minimum absolute atomic E-state index is 0.0311. The van der Waals surface area contributed by atoms with Crippen molar-refractivity contribution in [3.8, 4) is 0 Å². The molecule has 4 nitrogen and oxygen atoms in total. The molecular weight excluding hydrogens is 391 g/mol. The van der Waals surface area contributed by atoms with Crippen LogP contribution in [0.1, 0.15) is 68.7 Å². The summed E-state index contributed by atoms with van der Waals surface area (Å²) < 4.78 is 40.8. The van der Waals surface area contributed by atoms with Crippen molar-refractivity contribution in [3.63, 3.8) is 0 Å². The maximum absolute atomic E-state index is 13.2. The van der Waals surface area contributed by atoms with Gasteiger partial charge in [0.25, 0.3) is 0 Å². The first kappa shape index (κ1) is 18.8. The lowest BCUT2D eigenvalue weighted by Gasteiger charge is -2.54. The lowest BCUT2D eigenvalue weighted by Crippen LogP contribution is -2.55. The van der Waals surface area contributed by atoms with Crippen LogP contribution in [0.5, 0.6) is 0 Å². The molecule has 1 amide bonds. The van der Waals surface area contributed by atoms with E-state index in [4.69, 9.17) is 11.6 Å². The number of carbonyl (C=O) groups is 1. The van der Waals surface area contributed by atoms with Gasteiger partial charge in [-0.1, -0.05) is 11.6 Å². The van der Waals surface area contributed by atoms with E-state index in [1.807, 2.05) is 0 Å². The highest BCUT2D eigenvalue weighted by atomic mass is 35.5. The number of carbonyl (C=O) groups excluding carboxylic acids is 1. The standard InChI is InChI=1S/C20H25ClF3N3O/c21-16-18(12-1-2-12)27(26-19(16)20(22,23)24)4-3-15(28)25-17-13-6-10-5-11(8-13)9-14(17)7-10/h10-14,17H,1-9H2,(H,25,28). The van der Waals surface area contributed by atoms with Gasteiger partial charge >= 0.3 is 6.18 Å². The van der Waals surface area contributed by atoms with Gasteiger partial charge in [0.2, 0.25) is 5.91 Å². The summed E-state index contributed by atoms with van der Waals surface area (Å²) in [4.78, 5) is 12.6. The molecule has 1 aromatic rings. The maximum Gasteiger partial charge on any atom is 0.436 e. The summed E-state index contributed by atoms with van der Waals surface area (Å²) >= 11 is 6.00. The number of alkyl halides is 3. The number of hydrogen-bond donors (Lipinski definition) is 1. The van der Waals surface area contributed by atoms with Gasteiger partial charge in [-0.05, 0) is 68.6 Å². The van der Waals surface area contributed by atoms with Crippen LogP contribution in [0.3, 0.4) is 0 Å². The summed E-state index contributed by atoms with van der Waals surface area (Å²) in [6.07, 6.45) is 3.43. The van der Waals surface area contributed by atoms with Crippen LogP contribution in [0.2, 0.25) is 5.02 Å². The third-order valence-electron chi connectivity index (χ3n) is 7.27. The number of aromatic nitrogens is 2. The molecule has 4 bridgehead atoms. The smallest absolute Gasteiger partial charge is 0.353 e. The Kier molecular flexibility index (Phi) is 4.45. The zero-order valence-corrected chi connectivity index (χ0v) is 16.4. The SMILES string of the molecule is O=C(CCn1nc(C(F)(F)F)c(Cl)c1C1CC1)NC1C2CC3CC(C2)CC1C3. The summed E-state index contributed by atoms with van der Waals surface area (Å²) in [5, 5.41) is 6.63. The highest BCUT2D eigenvalue weighted by Crippen LogP contribution is 2.53. The van der Waals surface area contributed by atoms with Crippen LogP contribution in [0.4, 0.5) is 13.2 Å². The number of halogens is 4. The van der Waals surface area contributed by atoms with Gasteiger partial charge in [-0.25, -0.2) is 0 Å². The monoisotopic (exact) mass is 415 g/mol. The molecule has 28 heavy (non-hydrogen) atoms. The molecule has 0 unspecified atom stereocenters. The van der Waals surface area contributed by atoms with E-state index >= 15 is 0 Å². The molecule has 0 radical (unpaired) electrons. The minimum atomic E-state index is -4.57. The Labute approximate surface area is 167 Å². The van der Waals surface area contributed by atoms with Crippen LogP contribution in [-0.2, 0) is 17.5 Å². The van der Waals surface area contributed by atoms with Crippen molar-refractivity contribution in [1.82, 2.24) is 15.1 Å². The number of hydrogen-bond acceptors (Lipinski definition) is 2. The van der Waals surface area contributed by atoms with E-state index in [0.29, 0.717) is 17.5 Å². The molecule has 1 heterocycles. The second-order valence-electron chi connectivity index (χ2n) is 9.32. The van der Waals surface area contributed by atoms with E-state index in [-0.39, 0.29) is 35.9 Å². The van der Waals surface area contributed by atoms with Crippen LogP contribution in [0.25, 0.3) is 0 Å². The van der Waals surface area contributed by atoms with Gasteiger partial charge in [0.15, 0.2) is 5.69 Å². The first-order chi connectivity index (χ1) is 13.3. The van der Waals surface area contributed by atoms with Gasteiger partial charge in [-0.3, -0.25) is 9.48 Å². The molecular formula is C20H25ClF3N3O. The molecule has 0 atom stereocenters. The minimum Gasteiger partial charge on any atom is -0.353 e. The second-order valence-corrected chi connectivity index (χ2v) is 9.69. The Morgan fingerprint density at radius 1 is 1.11 bits per heavy atom. The zero-order chi connectivity index (χ0) is 19.6. The van der Waals surface area contributed by atoms with Gasteiger partial charge in [0, 0.05) is 18.4 Å². The van der Waals surface area contributed by atoms with Crippen molar-refractivity contribution >= 4 is 17.5 Å². The van der Waals surface area contributed by atoms with E-state index in [1.54, 1.807) is 0 Å². The van der Waals surface area contributed by atoms with Gasteiger partial charge in [-0.15, -0.1) is 0 Å². The molecule has 0 aromatic carbocycles. The van der Waals surface area contributed by atoms with Crippen LogP contribution < -0.4 is 5.32 Å². The molecule has 0 aliphatic heterocycles. The molecule has 0 saturated heterocycles. The molecule has 8 heteroatoms. The predicted octanol–water partition coefficient (Wildman–Crippen LogP) is 4.76. The molecule has 6 rings (SSSR count). The lowest BCUT2D eigenvalue weighted by atomic mass is 9.54. The summed E-state index contributed by atoms with van der Waals surface area (Å²) in [5.74, 6) is 2.78. The summed E-state index contributed by atoms with van der Waals surface area (Å²) in [6.45, 7) is 0.140. The maximum atomic E-state index is 13.2. The first-order valence-electron chi connectivity index (χ1n) is 10.4. The van der Waals surface area contributed by atoms with E-state index < -0.39 is 11.9 Å². The van der Waals surface area contributed by atoms with E-state index in [1.165, 1.54) is 36.8 Å². The molecule has 5 fully saturated rings. The highest BCUT2D eigenvalue weighted by Gasteiger charge is 2.48. The summed E-state index contributed by atoms with van der Waals surface area (Å²) in [5.41, 5.74) is -0.589. The Balaban J connectivity index is 1.25. The van der Waals surface area contributed by atoms with E-state index in [0.717, 1.165) is 24.7 Å². The first-order valence-corrected chi connectivity index (χ1v) is 10.8. The fourth-order valence-electron chi connectivity index (χ4n) is 6.18. The molecule has 1 N–H and O–H groups in total. The Bertz CT molecular complexity index is 758. The molecule has 1 aromatic heterocycles. The van der Waals surface area contributed by atoms with Crippen molar-refractivity contribution < 1.29 is 18.0 Å². The molecule has 5 aliphatic rings. The average Bonchev–Trinajstić information content (AvgIpc) is 3.38. The van der Waals surface area contributed by atoms with Gasteiger partial charge < -0.3 is 5.32 Å². The van der Waals surface area contributed by atoms with Crippen LogP contribution >= 0.6 is 11.6 Å². The van der Waals surface area contributed by atoms with Crippen LogP contribution in [0.15, 0.2) is 0 Å². The number of nitrogens with zero attached hydrogens (tertiary/aromatic N) is 2. The zero-order valence-electron chi connectivity index (χ0n) is 15.6. The third-order valence-corrected chi connectivity index (χ3v) is 7.64. The van der Waals surface area contributed by atoms with Crippen molar-refractivity contribution in [3.05, 3.63) is 16.4 Å². The average molecular weight is 416 g/mol. The highest BCUT2D eigenvalue weighted by molar-refractivity contribution is 6.32. The van der Waals surface area contributed by atoms with Crippen LogP contribution in [-0.4, -0.2) is 21.7 Å². The molecule has 0 spiro atoms. The van der Waals surface area contributed by atoms with Crippen molar-refractivity contribution in [2.75, 3.05) is 0 Å². The topological polar surface area (TPSA) is 46.9 Å². The summed E-state index contributed by atoms with van der Waals surface area (Å²) in [6, 6.07) is 0.246. The quantitative estimate of drug-likeness (QED) is 0.753. The Hall–Kier alpha value is -1.24. The molecule has 5 saturated carbocycles. The van der Waals surface area contributed by atoms with Crippen molar-refractivity contribution in [2.24, 2.45) is 23.7 Å².